The minimum absolute atomic E-state index is 0.0998. The van der Waals surface area contributed by atoms with E-state index in [2.05, 4.69) is 26.6 Å². The van der Waals surface area contributed by atoms with Crippen molar-refractivity contribution in [2.75, 3.05) is 17.2 Å². The van der Waals surface area contributed by atoms with Gasteiger partial charge in [0.15, 0.2) is 11.5 Å². The summed E-state index contributed by atoms with van der Waals surface area (Å²) >= 11 is 16.1. The fraction of sp³-hybridized carbons (Fsp3) is 0.208. The first kappa shape index (κ1) is 24.2. The van der Waals surface area contributed by atoms with Gasteiger partial charge in [-0.15, -0.1) is 0 Å². The van der Waals surface area contributed by atoms with Gasteiger partial charge in [0.25, 0.3) is 0 Å². The van der Waals surface area contributed by atoms with Crippen LogP contribution in [0.2, 0.25) is 10.0 Å². The van der Waals surface area contributed by atoms with E-state index in [1.165, 1.54) is 6.92 Å². The number of carbonyl (C=O) groups is 1. The molecule has 0 fully saturated rings. The van der Waals surface area contributed by atoms with Crippen molar-refractivity contribution in [2.45, 2.75) is 27.0 Å². The number of rotatable bonds is 9. The second-order valence-corrected chi connectivity index (χ2v) is 8.59. The number of nitrogens with one attached hydrogen (secondary N) is 2. The Kier molecular flexibility index (Phi) is 8.67. The summed E-state index contributed by atoms with van der Waals surface area (Å²) in [4.78, 5) is 11.2. The summed E-state index contributed by atoms with van der Waals surface area (Å²) in [5.41, 5.74) is 3.41. The molecule has 2 N–H and O–H groups in total. The van der Waals surface area contributed by atoms with Crippen LogP contribution >= 0.6 is 39.1 Å². The average Bonchev–Trinajstić information content (AvgIpc) is 2.75. The number of hydrogen-bond acceptors (Lipinski definition) is 4. The molecule has 0 aromatic heterocycles. The lowest BCUT2D eigenvalue weighted by Gasteiger charge is -2.16. The summed E-state index contributed by atoms with van der Waals surface area (Å²) in [5, 5.41) is 7.23. The Bertz CT molecular complexity index is 1070. The zero-order valence-corrected chi connectivity index (χ0v) is 20.8. The third-order valence-corrected chi connectivity index (χ3v) is 5.98. The van der Waals surface area contributed by atoms with Crippen molar-refractivity contribution in [3.63, 3.8) is 0 Å². The van der Waals surface area contributed by atoms with Crippen LogP contribution in [-0.4, -0.2) is 12.5 Å². The Morgan fingerprint density at radius 1 is 0.969 bits per heavy atom. The first-order chi connectivity index (χ1) is 15.4. The third kappa shape index (κ3) is 6.55. The molecule has 0 saturated heterocycles. The van der Waals surface area contributed by atoms with E-state index >= 15 is 0 Å². The molecule has 32 heavy (non-hydrogen) atoms. The van der Waals surface area contributed by atoms with Crippen molar-refractivity contribution < 1.29 is 14.3 Å². The van der Waals surface area contributed by atoms with Gasteiger partial charge in [-0.2, -0.15) is 0 Å². The van der Waals surface area contributed by atoms with Crippen molar-refractivity contribution >= 4 is 56.4 Å². The van der Waals surface area contributed by atoms with E-state index in [-0.39, 0.29) is 12.5 Å². The van der Waals surface area contributed by atoms with E-state index < -0.39 is 0 Å². The van der Waals surface area contributed by atoms with Gasteiger partial charge >= 0.3 is 0 Å². The van der Waals surface area contributed by atoms with Gasteiger partial charge in [0.05, 0.1) is 6.61 Å². The lowest BCUT2D eigenvalue weighted by molar-refractivity contribution is -0.114. The molecule has 1 amide bonds. The van der Waals surface area contributed by atoms with Crippen LogP contribution in [0.15, 0.2) is 59.1 Å². The Balaban J connectivity index is 1.72. The molecule has 3 rings (SSSR count). The highest BCUT2D eigenvalue weighted by Gasteiger charge is 2.13. The van der Waals surface area contributed by atoms with Gasteiger partial charge in [-0.3, -0.25) is 4.79 Å². The van der Waals surface area contributed by atoms with Crippen molar-refractivity contribution in [3.05, 3.63) is 80.2 Å². The normalized spacial score (nSPS) is 10.5. The molecule has 0 saturated carbocycles. The van der Waals surface area contributed by atoms with Crippen molar-refractivity contribution in [3.8, 4) is 11.5 Å². The van der Waals surface area contributed by atoms with Crippen LogP contribution in [0.25, 0.3) is 0 Å². The molecule has 5 nitrogen and oxygen atoms in total. The predicted octanol–water partition coefficient (Wildman–Crippen LogP) is 7.30. The second-order valence-electron chi connectivity index (χ2n) is 6.92. The molecule has 0 bridgehead atoms. The smallest absolute Gasteiger partial charge is 0.221 e. The van der Waals surface area contributed by atoms with Crippen molar-refractivity contribution in [1.29, 1.82) is 0 Å². The van der Waals surface area contributed by atoms with Crippen LogP contribution in [0.1, 0.15) is 25.0 Å². The number of halogens is 3. The van der Waals surface area contributed by atoms with Gasteiger partial charge in [0, 0.05) is 44.9 Å². The molecule has 3 aromatic rings. The molecule has 3 aromatic carbocycles. The Morgan fingerprint density at radius 3 is 2.22 bits per heavy atom. The molecule has 0 unspecified atom stereocenters. The molecule has 0 aliphatic heterocycles. The first-order valence-corrected chi connectivity index (χ1v) is 11.5. The Hall–Kier alpha value is -2.41. The van der Waals surface area contributed by atoms with Crippen LogP contribution in [0.4, 0.5) is 11.4 Å². The Morgan fingerprint density at radius 2 is 1.59 bits per heavy atom. The molecule has 0 atom stereocenters. The van der Waals surface area contributed by atoms with Crippen LogP contribution in [-0.2, 0) is 17.9 Å². The summed E-state index contributed by atoms with van der Waals surface area (Å²) in [7, 11) is 0. The maximum absolute atomic E-state index is 11.2. The maximum atomic E-state index is 11.2. The van der Waals surface area contributed by atoms with Crippen molar-refractivity contribution in [2.24, 2.45) is 0 Å². The Labute approximate surface area is 206 Å². The van der Waals surface area contributed by atoms with Crippen LogP contribution < -0.4 is 20.1 Å². The van der Waals surface area contributed by atoms with Gasteiger partial charge in [-0.25, -0.2) is 0 Å². The molecule has 0 heterocycles. The second kappa shape index (κ2) is 11.5. The zero-order chi connectivity index (χ0) is 23.1. The molecule has 0 radical (unpaired) electrons. The van der Waals surface area contributed by atoms with E-state index in [1.807, 2.05) is 43.3 Å². The molecule has 0 aliphatic carbocycles. The summed E-state index contributed by atoms with van der Waals surface area (Å²) in [6, 6.07) is 16.7. The highest BCUT2D eigenvalue weighted by Crippen LogP contribution is 2.36. The summed E-state index contributed by atoms with van der Waals surface area (Å²) in [5.74, 6) is 1.13. The summed E-state index contributed by atoms with van der Waals surface area (Å²) in [6.07, 6.45) is 0. The molecular weight excluding hydrogens is 515 g/mol. The van der Waals surface area contributed by atoms with E-state index in [0.717, 1.165) is 27.0 Å². The van der Waals surface area contributed by atoms with Crippen LogP contribution in [0.3, 0.4) is 0 Å². The lowest BCUT2D eigenvalue weighted by atomic mass is 10.2. The van der Waals surface area contributed by atoms with Gasteiger partial charge in [0.1, 0.15) is 6.61 Å². The van der Waals surface area contributed by atoms with E-state index in [1.54, 1.807) is 18.2 Å². The van der Waals surface area contributed by atoms with E-state index in [4.69, 9.17) is 32.7 Å². The van der Waals surface area contributed by atoms with Gasteiger partial charge < -0.3 is 20.1 Å². The number of ether oxygens (including phenoxy) is 2. The molecule has 0 aliphatic rings. The maximum Gasteiger partial charge on any atom is 0.221 e. The van der Waals surface area contributed by atoms with E-state index in [9.17, 15) is 4.79 Å². The van der Waals surface area contributed by atoms with Crippen molar-refractivity contribution in [1.82, 2.24) is 0 Å². The topological polar surface area (TPSA) is 59.6 Å². The zero-order valence-electron chi connectivity index (χ0n) is 17.7. The molecule has 8 heteroatoms. The fourth-order valence-corrected chi connectivity index (χ4v) is 3.96. The van der Waals surface area contributed by atoms with Gasteiger partial charge in [-0.05, 0) is 61.0 Å². The lowest BCUT2D eigenvalue weighted by Crippen LogP contribution is -2.06. The number of amides is 1. The highest BCUT2D eigenvalue weighted by atomic mass is 79.9. The third-order valence-electron chi connectivity index (χ3n) is 4.53. The molecule has 0 spiro atoms. The highest BCUT2D eigenvalue weighted by molar-refractivity contribution is 9.10. The first-order valence-electron chi connectivity index (χ1n) is 9.99. The number of carbonyl (C=O) groups excluding carboxylic acids is 1. The number of anilines is 2. The minimum atomic E-state index is -0.0998. The standard InChI is InChI=1S/C24H23BrCl2N2O3/c1-3-31-23-11-16(13-28-17-7-9-18(10-8-17)29-15(2)30)20(25)12-24(23)32-14-19-21(26)5-4-6-22(19)27/h4-12,28H,3,13-14H2,1-2H3,(H,29,30). The van der Waals surface area contributed by atoms with E-state index in [0.29, 0.717) is 34.7 Å². The summed E-state index contributed by atoms with van der Waals surface area (Å²) in [6.45, 7) is 4.70. The largest absolute Gasteiger partial charge is 0.490 e. The van der Waals surface area contributed by atoms with Crippen LogP contribution in [0, 0.1) is 0 Å². The van der Waals surface area contributed by atoms with Crippen LogP contribution in [0.5, 0.6) is 11.5 Å². The predicted molar refractivity (Wildman–Crippen MR) is 134 cm³/mol. The monoisotopic (exact) mass is 536 g/mol. The minimum Gasteiger partial charge on any atom is -0.490 e. The number of hydrogen-bond donors (Lipinski definition) is 2. The number of benzene rings is 3. The molecular formula is C24H23BrCl2N2O3. The van der Waals surface area contributed by atoms with Gasteiger partial charge in [-0.1, -0.05) is 45.2 Å². The van der Waals surface area contributed by atoms with Gasteiger partial charge in [0.2, 0.25) is 5.91 Å². The SMILES string of the molecule is CCOc1cc(CNc2ccc(NC(C)=O)cc2)c(Br)cc1OCc1c(Cl)cccc1Cl. The fourth-order valence-electron chi connectivity index (χ4n) is 2.99. The summed E-state index contributed by atoms with van der Waals surface area (Å²) < 4.78 is 12.7. The quantitative estimate of drug-likeness (QED) is 0.300. The average molecular weight is 538 g/mol. The molecule has 168 valence electrons.